The fourth-order valence-electron chi connectivity index (χ4n) is 4.02. The first kappa shape index (κ1) is 23.4. The number of carbonyl (C=O) groups excluding carboxylic acids is 2. The molecule has 34 heavy (non-hydrogen) atoms. The van der Waals surface area contributed by atoms with Gasteiger partial charge < -0.3 is 20.5 Å². The maximum Gasteiger partial charge on any atom is 0.407 e. The molecular weight excluding hydrogens is 454 g/mol. The third-order valence-electron chi connectivity index (χ3n) is 5.73. The molecule has 0 spiro atoms. The quantitative estimate of drug-likeness (QED) is 0.453. The number of nitrogens with zero attached hydrogens (tertiary/aromatic N) is 1. The number of carboxylic acid groups (broad SMARTS) is 1. The number of aliphatic carboxylic acids is 1. The summed E-state index contributed by atoms with van der Waals surface area (Å²) in [5.74, 6) is -1.65. The minimum Gasteiger partial charge on any atom is -0.480 e. The summed E-state index contributed by atoms with van der Waals surface area (Å²) < 4.78 is 5.52. The number of rotatable bonds is 8. The van der Waals surface area contributed by atoms with Crippen LogP contribution in [0.4, 0.5) is 4.79 Å². The number of thiazole rings is 1. The van der Waals surface area contributed by atoms with E-state index >= 15 is 0 Å². The molecule has 2 amide bonds. The molecule has 0 saturated carbocycles. The van der Waals surface area contributed by atoms with Crippen LogP contribution >= 0.6 is 11.3 Å². The third-order valence-corrected chi connectivity index (χ3v) is 6.76. The Morgan fingerprint density at radius 2 is 1.71 bits per heavy atom. The molecule has 1 aliphatic carbocycles. The predicted molar refractivity (Wildman–Crippen MR) is 128 cm³/mol. The first-order valence-electron chi connectivity index (χ1n) is 10.9. The number of benzene rings is 2. The predicted octanol–water partition coefficient (Wildman–Crippen LogP) is 3.74. The molecule has 0 bridgehead atoms. The Bertz CT molecular complexity index is 1190. The second-order valence-corrected chi connectivity index (χ2v) is 9.34. The highest BCUT2D eigenvalue weighted by Gasteiger charge is 2.29. The molecule has 0 aliphatic heterocycles. The lowest BCUT2D eigenvalue weighted by molar-refractivity contribution is -0.138. The summed E-state index contributed by atoms with van der Waals surface area (Å²) in [6, 6.07) is 15.3. The average molecular weight is 480 g/mol. The fraction of sp³-hybridized carbons (Fsp3) is 0.280. The van der Waals surface area contributed by atoms with E-state index in [9.17, 15) is 14.4 Å². The van der Waals surface area contributed by atoms with E-state index in [0.717, 1.165) is 11.1 Å². The smallest absolute Gasteiger partial charge is 0.407 e. The highest BCUT2D eigenvalue weighted by molar-refractivity contribution is 7.11. The Labute approximate surface area is 201 Å². The van der Waals surface area contributed by atoms with Crippen molar-refractivity contribution >= 4 is 29.3 Å². The standard InChI is InChI=1S/C25H25N3O5S/c1-14(24(30)31)27-23(29)22-15(2)34-21(28-22)11-12-26-25(32)33-13-20-18-9-5-3-7-16(18)17-8-4-6-10-19(17)20/h3-10,14,20H,11-13H2,1-2H3,(H,26,32)(H,27,29)(H,30,31)/t14-/m1/s1. The zero-order valence-electron chi connectivity index (χ0n) is 18.8. The van der Waals surface area contributed by atoms with Crippen LogP contribution in [-0.2, 0) is 16.0 Å². The van der Waals surface area contributed by atoms with Crippen LogP contribution in [0.15, 0.2) is 48.5 Å². The summed E-state index contributed by atoms with van der Waals surface area (Å²) in [7, 11) is 0. The normalized spacial score (nSPS) is 13.0. The van der Waals surface area contributed by atoms with Crippen molar-refractivity contribution in [3.05, 3.63) is 75.2 Å². The van der Waals surface area contributed by atoms with E-state index in [4.69, 9.17) is 9.84 Å². The lowest BCUT2D eigenvalue weighted by Gasteiger charge is -2.14. The number of carboxylic acids is 1. The van der Waals surface area contributed by atoms with Crippen molar-refractivity contribution < 1.29 is 24.2 Å². The van der Waals surface area contributed by atoms with Crippen LogP contribution in [-0.4, -0.2) is 47.3 Å². The number of aryl methyl sites for hydroxylation is 1. The molecule has 9 heteroatoms. The highest BCUT2D eigenvalue weighted by Crippen LogP contribution is 2.44. The van der Waals surface area contributed by atoms with Gasteiger partial charge in [0.05, 0.1) is 5.01 Å². The van der Waals surface area contributed by atoms with Gasteiger partial charge in [-0.2, -0.15) is 0 Å². The third kappa shape index (κ3) is 4.94. The first-order valence-corrected chi connectivity index (χ1v) is 11.8. The average Bonchev–Trinajstić information content (AvgIpc) is 3.35. The Kier molecular flexibility index (Phi) is 6.93. The van der Waals surface area contributed by atoms with E-state index in [-0.39, 0.29) is 18.2 Å². The van der Waals surface area contributed by atoms with E-state index in [1.807, 2.05) is 24.3 Å². The van der Waals surface area contributed by atoms with Crippen LogP contribution in [0.3, 0.4) is 0 Å². The van der Waals surface area contributed by atoms with Gasteiger partial charge >= 0.3 is 12.1 Å². The van der Waals surface area contributed by atoms with Gasteiger partial charge in [-0.1, -0.05) is 48.5 Å². The number of alkyl carbamates (subject to hydrolysis) is 1. The van der Waals surface area contributed by atoms with Gasteiger partial charge in [0.2, 0.25) is 0 Å². The Balaban J connectivity index is 1.29. The molecule has 1 aliphatic rings. The summed E-state index contributed by atoms with van der Waals surface area (Å²) in [5.41, 5.74) is 4.84. The molecule has 176 valence electrons. The van der Waals surface area contributed by atoms with Gasteiger partial charge in [-0.25, -0.2) is 9.78 Å². The molecule has 3 N–H and O–H groups in total. The van der Waals surface area contributed by atoms with Crippen molar-refractivity contribution in [3.63, 3.8) is 0 Å². The number of fused-ring (bicyclic) bond motifs is 3. The summed E-state index contributed by atoms with van der Waals surface area (Å²) in [6.45, 7) is 3.68. The van der Waals surface area contributed by atoms with E-state index < -0.39 is 24.0 Å². The van der Waals surface area contributed by atoms with Crippen LogP contribution < -0.4 is 10.6 Å². The molecule has 2 aromatic carbocycles. The highest BCUT2D eigenvalue weighted by atomic mass is 32.1. The zero-order valence-corrected chi connectivity index (χ0v) is 19.6. The lowest BCUT2D eigenvalue weighted by atomic mass is 9.98. The molecule has 0 radical (unpaired) electrons. The molecule has 0 unspecified atom stereocenters. The molecule has 1 aromatic heterocycles. The summed E-state index contributed by atoms with van der Waals surface area (Å²) >= 11 is 1.34. The van der Waals surface area contributed by atoms with Gasteiger partial charge in [0.1, 0.15) is 18.3 Å². The molecule has 0 saturated heterocycles. The fourth-order valence-corrected chi connectivity index (χ4v) is 4.95. The van der Waals surface area contributed by atoms with Gasteiger partial charge in [-0.15, -0.1) is 11.3 Å². The monoisotopic (exact) mass is 479 g/mol. The molecule has 1 heterocycles. The van der Waals surface area contributed by atoms with Crippen LogP contribution in [0.1, 0.15) is 44.3 Å². The van der Waals surface area contributed by atoms with Crippen LogP contribution in [0, 0.1) is 6.92 Å². The van der Waals surface area contributed by atoms with Gasteiger partial charge in [0.15, 0.2) is 0 Å². The van der Waals surface area contributed by atoms with Crippen molar-refractivity contribution in [1.29, 1.82) is 0 Å². The number of nitrogens with one attached hydrogen (secondary N) is 2. The zero-order chi connectivity index (χ0) is 24.2. The number of ether oxygens (including phenoxy) is 1. The van der Waals surface area contributed by atoms with Gasteiger partial charge in [0.25, 0.3) is 5.91 Å². The first-order chi connectivity index (χ1) is 16.3. The lowest BCUT2D eigenvalue weighted by Crippen LogP contribution is -2.38. The summed E-state index contributed by atoms with van der Waals surface area (Å²) in [6.07, 6.45) is -0.0827. The maximum absolute atomic E-state index is 12.3. The number of carbonyl (C=O) groups is 3. The molecule has 1 atom stereocenters. The van der Waals surface area contributed by atoms with E-state index in [2.05, 4.69) is 39.9 Å². The van der Waals surface area contributed by atoms with E-state index in [1.165, 1.54) is 29.4 Å². The number of hydrogen-bond donors (Lipinski definition) is 3. The second-order valence-electron chi connectivity index (χ2n) is 8.05. The minimum absolute atomic E-state index is 0.00553. The number of aromatic nitrogens is 1. The maximum atomic E-state index is 12.3. The second kappa shape index (κ2) is 10.0. The van der Waals surface area contributed by atoms with Gasteiger partial charge in [0, 0.05) is 23.8 Å². The summed E-state index contributed by atoms with van der Waals surface area (Å²) in [4.78, 5) is 40.5. The Morgan fingerprint density at radius 3 is 2.32 bits per heavy atom. The van der Waals surface area contributed by atoms with Crippen molar-refractivity contribution in [2.45, 2.75) is 32.2 Å². The minimum atomic E-state index is -1.12. The van der Waals surface area contributed by atoms with Crippen molar-refractivity contribution in [3.8, 4) is 11.1 Å². The molecule has 8 nitrogen and oxygen atoms in total. The SMILES string of the molecule is Cc1sc(CCNC(=O)OCC2c3ccccc3-c3ccccc32)nc1C(=O)N[C@H](C)C(=O)O. The van der Waals surface area contributed by atoms with Gasteiger partial charge in [-0.05, 0) is 36.1 Å². The molecule has 4 rings (SSSR count). The Morgan fingerprint density at radius 1 is 1.09 bits per heavy atom. The topological polar surface area (TPSA) is 118 Å². The van der Waals surface area contributed by atoms with Gasteiger partial charge in [-0.3, -0.25) is 9.59 Å². The number of hydrogen-bond acceptors (Lipinski definition) is 6. The molecule has 0 fully saturated rings. The van der Waals surface area contributed by atoms with Crippen molar-refractivity contribution in [2.24, 2.45) is 0 Å². The molecular formula is C25H25N3O5S. The number of amides is 2. The molecule has 3 aromatic rings. The van der Waals surface area contributed by atoms with Crippen molar-refractivity contribution in [1.82, 2.24) is 15.6 Å². The largest absolute Gasteiger partial charge is 0.480 e. The summed E-state index contributed by atoms with van der Waals surface area (Å²) in [5, 5.41) is 14.7. The van der Waals surface area contributed by atoms with Crippen LogP contribution in [0.25, 0.3) is 11.1 Å². The Hall–Kier alpha value is -3.72. The van der Waals surface area contributed by atoms with Crippen LogP contribution in [0.5, 0.6) is 0 Å². The van der Waals surface area contributed by atoms with Crippen LogP contribution in [0.2, 0.25) is 0 Å². The van der Waals surface area contributed by atoms with E-state index in [0.29, 0.717) is 22.9 Å². The van der Waals surface area contributed by atoms with Crippen molar-refractivity contribution in [2.75, 3.05) is 13.2 Å². The van der Waals surface area contributed by atoms with E-state index in [1.54, 1.807) is 6.92 Å².